The third-order valence-corrected chi connectivity index (χ3v) is 3.61. The second-order valence-corrected chi connectivity index (χ2v) is 5.14. The summed E-state index contributed by atoms with van der Waals surface area (Å²) in [6, 6.07) is 11.3. The Balaban J connectivity index is 1.99. The van der Waals surface area contributed by atoms with Gasteiger partial charge in [0.15, 0.2) is 0 Å². The summed E-state index contributed by atoms with van der Waals surface area (Å²) in [5, 5.41) is 22.6. The van der Waals surface area contributed by atoms with Gasteiger partial charge in [0.2, 0.25) is 5.91 Å². The van der Waals surface area contributed by atoms with Gasteiger partial charge in [0.05, 0.1) is 23.4 Å². The Morgan fingerprint density at radius 3 is 2.86 bits per heavy atom. The predicted octanol–water partition coefficient (Wildman–Crippen LogP) is 1.05. The first-order valence-corrected chi connectivity index (χ1v) is 7.18. The summed E-state index contributed by atoms with van der Waals surface area (Å²) in [7, 11) is 0. The molecule has 1 N–H and O–H groups in total. The Hall–Kier alpha value is -2.85. The molecule has 0 aliphatic rings. The van der Waals surface area contributed by atoms with E-state index in [1.165, 1.54) is 18.3 Å². The molecular weight excluding hydrogens is 302 g/mol. The van der Waals surface area contributed by atoms with Crippen LogP contribution in [0.4, 0.5) is 5.69 Å². The number of nitriles is 1. The molecule has 0 bridgehead atoms. The van der Waals surface area contributed by atoms with Gasteiger partial charge in [0, 0.05) is 17.4 Å². The zero-order valence-electron chi connectivity index (χ0n) is 11.3. The summed E-state index contributed by atoms with van der Waals surface area (Å²) >= 11 is 1.00. The average Bonchev–Trinajstić information content (AvgIpc) is 2.53. The molecule has 1 aromatic carbocycles. The number of hydrogen-bond donors (Lipinski definition) is 1. The molecule has 2 rings (SSSR count). The largest absolute Gasteiger partial charge is 0.545 e. The lowest BCUT2D eigenvalue weighted by Crippen LogP contribution is -2.23. The fraction of sp³-hybridized carbons (Fsp3) is 0.0667. The third-order valence-electron chi connectivity index (χ3n) is 2.61. The number of rotatable bonds is 5. The van der Waals surface area contributed by atoms with E-state index in [4.69, 9.17) is 5.26 Å². The number of nitrogens with zero attached hydrogens (tertiary/aromatic N) is 2. The Morgan fingerprint density at radius 2 is 2.14 bits per heavy atom. The van der Waals surface area contributed by atoms with Crippen molar-refractivity contribution in [1.82, 2.24) is 4.98 Å². The number of carbonyl (C=O) groups excluding carboxylic acids is 2. The fourth-order valence-corrected chi connectivity index (χ4v) is 2.44. The van der Waals surface area contributed by atoms with Crippen LogP contribution in [0, 0.1) is 11.3 Å². The van der Waals surface area contributed by atoms with Gasteiger partial charge in [-0.05, 0) is 30.3 Å². The molecule has 1 aromatic heterocycles. The van der Waals surface area contributed by atoms with Gasteiger partial charge in [0.25, 0.3) is 0 Å². The molecule has 0 saturated carbocycles. The highest BCUT2D eigenvalue weighted by Gasteiger charge is 2.09. The van der Waals surface area contributed by atoms with E-state index in [-0.39, 0.29) is 22.2 Å². The number of benzene rings is 1. The van der Waals surface area contributed by atoms with E-state index < -0.39 is 5.97 Å². The van der Waals surface area contributed by atoms with E-state index >= 15 is 0 Å². The van der Waals surface area contributed by atoms with E-state index in [0.717, 1.165) is 11.8 Å². The highest BCUT2D eigenvalue weighted by atomic mass is 32.2. The summed E-state index contributed by atoms with van der Waals surface area (Å²) in [4.78, 5) is 26.7. The average molecular weight is 312 g/mol. The number of aromatic nitrogens is 1. The number of carboxylic acids is 1. The van der Waals surface area contributed by atoms with Crippen LogP contribution < -0.4 is 10.4 Å². The van der Waals surface area contributed by atoms with Gasteiger partial charge in [-0.1, -0.05) is 17.8 Å². The maximum Gasteiger partial charge on any atom is 0.234 e. The van der Waals surface area contributed by atoms with Crippen LogP contribution in [0.15, 0.2) is 47.6 Å². The van der Waals surface area contributed by atoms with Gasteiger partial charge >= 0.3 is 0 Å². The molecule has 2 aromatic rings. The molecule has 0 unspecified atom stereocenters. The highest BCUT2D eigenvalue weighted by molar-refractivity contribution is 8.00. The second kappa shape index (κ2) is 7.24. The topological polar surface area (TPSA) is 106 Å². The van der Waals surface area contributed by atoms with Crippen LogP contribution in [0.1, 0.15) is 15.9 Å². The summed E-state index contributed by atoms with van der Waals surface area (Å²) in [5.74, 6) is -1.67. The Bertz CT molecular complexity index is 756. The van der Waals surface area contributed by atoms with Crippen molar-refractivity contribution in [2.75, 3.05) is 11.1 Å². The molecule has 7 heteroatoms. The highest BCUT2D eigenvalue weighted by Crippen LogP contribution is 2.20. The maximum absolute atomic E-state index is 11.9. The molecule has 0 aliphatic carbocycles. The number of carboxylic acid groups (broad SMARTS) is 1. The van der Waals surface area contributed by atoms with E-state index in [0.29, 0.717) is 11.3 Å². The molecule has 110 valence electrons. The van der Waals surface area contributed by atoms with Crippen molar-refractivity contribution >= 4 is 29.3 Å². The van der Waals surface area contributed by atoms with Crippen LogP contribution in [0.25, 0.3) is 0 Å². The zero-order valence-corrected chi connectivity index (χ0v) is 12.1. The lowest BCUT2D eigenvalue weighted by molar-refractivity contribution is -0.255. The zero-order chi connectivity index (χ0) is 15.9. The van der Waals surface area contributed by atoms with Crippen molar-refractivity contribution in [3.8, 4) is 6.07 Å². The first kappa shape index (κ1) is 15.5. The minimum atomic E-state index is -1.34. The first-order valence-electron chi connectivity index (χ1n) is 6.19. The van der Waals surface area contributed by atoms with Crippen molar-refractivity contribution in [2.24, 2.45) is 0 Å². The summed E-state index contributed by atoms with van der Waals surface area (Å²) in [5.41, 5.74) is 0.895. The van der Waals surface area contributed by atoms with Crippen molar-refractivity contribution < 1.29 is 14.7 Å². The van der Waals surface area contributed by atoms with Gasteiger partial charge in [-0.3, -0.25) is 4.79 Å². The van der Waals surface area contributed by atoms with Crippen LogP contribution >= 0.6 is 11.8 Å². The van der Waals surface area contributed by atoms with Gasteiger partial charge in [-0.15, -0.1) is 0 Å². The molecule has 0 saturated heterocycles. The predicted molar refractivity (Wildman–Crippen MR) is 79.1 cm³/mol. The molecule has 1 heterocycles. The van der Waals surface area contributed by atoms with Crippen LogP contribution in [0.2, 0.25) is 0 Å². The SMILES string of the molecule is N#Cc1cccc(NC(=O)CSc2ncccc2C(=O)[O-])c1. The van der Waals surface area contributed by atoms with Crippen LogP contribution in [0.5, 0.6) is 0 Å². The summed E-state index contributed by atoms with van der Waals surface area (Å²) in [6.07, 6.45) is 1.45. The van der Waals surface area contributed by atoms with E-state index in [1.807, 2.05) is 6.07 Å². The van der Waals surface area contributed by atoms with Crippen molar-refractivity contribution in [3.05, 3.63) is 53.7 Å². The number of pyridine rings is 1. The molecule has 1 amide bonds. The Kier molecular flexibility index (Phi) is 5.11. The van der Waals surface area contributed by atoms with Crippen molar-refractivity contribution in [2.45, 2.75) is 5.03 Å². The molecule has 0 radical (unpaired) electrons. The van der Waals surface area contributed by atoms with Gasteiger partial charge in [-0.2, -0.15) is 5.26 Å². The minimum Gasteiger partial charge on any atom is -0.545 e. The number of nitrogens with one attached hydrogen (secondary N) is 1. The quantitative estimate of drug-likeness (QED) is 0.827. The van der Waals surface area contributed by atoms with Gasteiger partial charge in [0.1, 0.15) is 5.03 Å². The van der Waals surface area contributed by atoms with Crippen LogP contribution in [-0.4, -0.2) is 22.6 Å². The molecule has 0 spiro atoms. The maximum atomic E-state index is 11.9. The van der Waals surface area contributed by atoms with E-state index in [2.05, 4.69) is 10.3 Å². The molecule has 22 heavy (non-hydrogen) atoms. The minimum absolute atomic E-state index is 0.00588. The summed E-state index contributed by atoms with van der Waals surface area (Å²) < 4.78 is 0. The van der Waals surface area contributed by atoms with Gasteiger partial charge < -0.3 is 15.2 Å². The number of anilines is 1. The van der Waals surface area contributed by atoms with Crippen molar-refractivity contribution in [1.29, 1.82) is 5.26 Å². The third kappa shape index (κ3) is 4.07. The Morgan fingerprint density at radius 1 is 1.32 bits per heavy atom. The smallest absolute Gasteiger partial charge is 0.234 e. The number of hydrogen-bond acceptors (Lipinski definition) is 6. The second-order valence-electron chi connectivity index (χ2n) is 4.17. The molecular formula is C15H10N3O3S-. The Labute approximate surface area is 130 Å². The molecule has 0 atom stereocenters. The first-order chi connectivity index (χ1) is 10.6. The van der Waals surface area contributed by atoms with Crippen molar-refractivity contribution in [3.63, 3.8) is 0 Å². The molecule has 0 fully saturated rings. The molecule has 0 aliphatic heterocycles. The van der Waals surface area contributed by atoms with Crippen LogP contribution in [-0.2, 0) is 4.79 Å². The number of aromatic carboxylic acids is 1. The van der Waals surface area contributed by atoms with E-state index in [9.17, 15) is 14.7 Å². The van der Waals surface area contributed by atoms with Gasteiger partial charge in [-0.25, -0.2) is 4.98 Å². The lowest BCUT2D eigenvalue weighted by atomic mass is 10.2. The fourth-order valence-electron chi connectivity index (χ4n) is 1.66. The number of carbonyl (C=O) groups is 2. The normalized spacial score (nSPS) is 9.77. The molecule has 6 nitrogen and oxygen atoms in total. The number of thioether (sulfide) groups is 1. The number of amides is 1. The standard InChI is InChI=1S/C15H11N3O3S/c16-8-10-3-1-4-11(7-10)18-13(19)9-22-14-12(15(20)21)5-2-6-17-14/h1-7H,9H2,(H,18,19)(H,20,21)/p-1. The monoisotopic (exact) mass is 312 g/mol. The lowest BCUT2D eigenvalue weighted by Gasteiger charge is -2.09. The van der Waals surface area contributed by atoms with E-state index in [1.54, 1.807) is 24.3 Å². The van der Waals surface area contributed by atoms with Crippen LogP contribution in [0.3, 0.4) is 0 Å². The summed E-state index contributed by atoms with van der Waals surface area (Å²) in [6.45, 7) is 0.